The summed E-state index contributed by atoms with van der Waals surface area (Å²) >= 11 is 0. The summed E-state index contributed by atoms with van der Waals surface area (Å²) in [6, 6.07) is 0. The Labute approximate surface area is 322 Å². The maximum atomic E-state index is 12.7. The van der Waals surface area contributed by atoms with E-state index in [1.807, 2.05) is 27.2 Å². The van der Waals surface area contributed by atoms with E-state index in [4.69, 9.17) is 23.3 Å². The first kappa shape index (κ1) is 48.9. The maximum absolute atomic E-state index is 12.7. The summed E-state index contributed by atoms with van der Waals surface area (Å²) in [7, 11) is 1.11. The molecule has 4 atom stereocenters. The smallest absolute Gasteiger partial charge is 0.306 e. The SMILES string of the molecule is CCCC/C=C\CCCCCCCC(=O)OC[C@H](COP(=O)([O-])OCC[N+](C)(C)C)OC(=O)CCC/C=C\CC1OC1C/C=C\C/C=C\CCCCC. The number of epoxide rings is 1. The van der Waals surface area contributed by atoms with Gasteiger partial charge in [0.05, 0.1) is 40.0 Å². The lowest BCUT2D eigenvalue weighted by atomic mass is 10.1. The second-order valence-electron chi connectivity index (χ2n) is 15.0. The number of unbranched alkanes of at least 4 members (excludes halogenated alkanes) is 11. The number of hydrogen-bond donors (Lipinski definition) is 0. The zero-order valence-electron chi connectivity index (χ0n) is 33.9. The zero-order chi connectivity index (χ0) is 39.0. The van der Waals surface area contributed by atoms with Crippen LogP contribution >= 0.6 is 7.82 Å². The van der Waals surface area contributed by atoms with Gasteiger partial charge in [0, 0.05) is 12.8 Å². The lowest BCUT2D eigenvalue weighted by molar-refractivity contribution is -0.870. The Morgan fingerprint density at radius 3 is 1.92 bits per heavy atom. The Balaban J connectivity index is 2.37. The molecule has 0 saturated carbocycles. The number of nitrogens with zero attached hydrogens (tertiary/aromatic N) is 1. The summed E-state index contributed by atoms with van der Waals surface area (Å²) in [4.78, 5) is 37.4. The van der Waals surface area contributed by atoms with E-state index in [1.165, 1.54) is 32.1 Å². The number of hydrogen-bond acceptors (Lipinski definition) is 9. The summed E-state index contributed by atoms with van der Waals surface area (Å²) in [6.45, 7) is 4.04. The van der Waals surface area contributed by atoms with Crippen molar-refractivity contribution in [2.24, 2.45) is 0 Å². The van der Waals surface area contributed by atoms with Gasteiger partial charge in [-0.25, -0.2) is 0 Å². The number of likely N-dealkylation sites (N-methyl/N-ethyl adjacent to an activating group) is 1. The summed E-state index contributed by atoms with van der Waals surface area (Å²) in [5.74, 6) is -0.925. The predicted molar refractivity (Wildman–Crippen MR) is 212 cm³/mol. The minimum atomic E-state index is -4.64. The molecule has 0 bridgehead atoms. The van der Waals surface area contributed by atoms with Crippen molar-refractivity contribution in [2.45, 2.75) is 161 Å². The molecule has 0 aromatic heterocycles. The van der Waals surface area contributed by atoms with Gasteiger partial charge in [-0.1, -0.05) is 107 Å². The molecule has 10 nitrogen and oxygen atoms in total. The van der Waals surface area contributed by atoms with Crippen molar-refractivity contribution in [1.82, 2.24) is 0 Å². The summed E-state index contributed by atoms with van der Waals surface area (Å²) in [6.07, 6.45) is 36.0. The van der Waals surface area contributed by atoms with Crippen LogP contribution in [0.1, 0.15) is 142 Å². The van der Waals surface area contributed by atoms with Gasteiger partial charge in [0.15, 0.2) is 6.10 Å². The Kier molecular flexibility index (Phi) is 28.8. The van der Waals surface area contributed by atoms with Crippen LogP contribution in [0, 0.1) is 0 Å². The lowest BCUT2D eigenvalue weighted by Gasteiger charge is -2.28. The molecule has 0 aliphatic carbocycles. The second kappa shape index (κ2) is 31.2. The van der Waals surface area contributed by atoms with E-state index in [0.29, 0.717) is 30.3 Å². The molecule has 0 aromatic carbocycles. The number of ether oxygens (including phenoxy) is 3. The molecule has 0 aromatic rings. The summed E-state index contributed by atoms with van der Waals surface area (Å²) in [5.41, 5.74) is 0. The van der Waals surface area contributed by atoms with Crippen molar-refractivity contribution in [3.8, 4) is 0 Å². The Morgan fingerprint density at radius 2 is 1.23 bits per heavy atom. The van der Waals surface area contributed by atoms with E-state index >= 15 is 0 Å². The summed E-state index contributed by atoms with van der Waals surface area (Å²) in [5, 5.41) is 0. The number of rotatable bonds is 35. The highest BCUT2D eigenvalue weighted by Gasteiger charge is 2.36. The quantitative estimate of drug-likeness (QED) is 0.0155. The molecule has 1 heterocycles. The fourth-order valence-electron chi connectivity index (χ4n) is 5.31. The van der Waals surface area contributed by atoms with Gasteiger partial charge in [0.25, 0.3) is 7.82 Å². The highest BCUT2D eigenvalue weighted by atomic mass is 31.2. The van der Waals surface area contributed by atoms with E-state index in [2.05, 4.69) is 56.4 Å². The topological polar surface area (TPSA) is 124 Å². The predicted octanol–water partition coefficient (Wildman–Crippen LogP) is 9.48. The fourth-order valence-corrected chi connectivity index (χ4v) is 6.04. The minimum Gasteiger partial charge on any atom is -0.756 e. The van der Waals surface area contributed by atoms with Crippen LogP contribution in [-0.2, 0) is 37.4 Å². The molecule has 0 spiro atoms. The van der Waals surface area contributed by atoms with Crippen LogP contribution in [0.5, 0.6) is 0 Å². The molecule has 1 aliphatic heterocycles. The molecule has 53 heavy (non-hydrogen) atoms. The molecular weight excluding hydrogens is 693 g/mol. The van der Waals surface area contributed by atoms with Gasteiger partial charge in [-0.3, -0.25) is 14.2 Å². The van der Waals surface area contributed by atoms with Gasteiger partial charge in [-0.05, 0) is 70.6 Å². The molecule has 1 rings (SSSR count). The Hall–Kier alpha value is -2.07. The normalized spacial score (nSPS) is 18.0. The minimum absolute atomic E-state index is 0.0470. The highest BCUT2D eigenvalue weighted by Crippen LogP contribution is 2.38. The van der Waals surface area contributed by atoms with Crippen LogP contribution in [0.2, 0.25) is 0 Å². The third-order valence-corrected chi connectivity index (χ3v) is 9.69. The Morgan fingerprint density at radius 1 is 0.679 bits per heavy atom. The zero-order valence-corrected chi connectivity index (χ0v) is 34.8. The van der Waals surface area contributed by atoms with Crippen LogP contribution in [0.25, 0.3) is 0 Å². The molecular formula is C42H74NO9P. The number of carbonyl (C=O) groups is 2. The van der Waals surface area contributed by atoms with Crippen LogP contribution in [-0.4, -0.2) is 82.2 Å². The average Bonchev–Trinajstić information content (AvgIpc) is 3.86. The van der Waals surface area contributed by atoms with Crippen molar-refractivity contribution in [3.05, 3.63) is 48.6 Å². The first-order chi connectivity index (χ1) is 25.5. The standard InChI is InChI=1S/C42H74NO9P/c1-6-8-10-12-14-16-17-19-21-23-28-32-41(44)48-36-38(37-50-53(46,47)49-35-34-43(3,4)5)51-42(45)33-29-25-24-27-31-40-39(52-40)30-26-22-20-18-15-13-11-9-7-2/h12,14-15,18,22,24,26-27,38-40H,6-11,13,16-17,19-21,23,25,28-37H2,1-5H3/b14-12-,18-15-,26-22-,27-24-/t38-,39?,40?/m1/s1. The second-order valence-corrected chi connectivity index (χ2v) is 16.4. The van der Waals surface area contributed by atoms with E-state index in [-0.39, 0.29) is 38.3 Å². The molecule has 3 unspecified atom stereocenters. The van der Waals surface area contributed by atoms with Gasteiger partial charge in [-0.15, -0.1) is 0 Å². The molecule has 0 amide bonds. The van der Waals surface area contributed by atoms with Crippen LogP contribution < -0.4 is 4.89 Å². The largest absolute Gasteiger partial charge is 0.756 e. The molecule has 1 fully saturated rings. The third-order valence-electron chi connectivity index (χ3n) is 8.72. The lowest BCUT2D eigenvalue weighted by Crippen LogP contribution is -2.37. The third kappa shape index (κ3) is 31.9. The van der Waals surface area contributed by atoms with Crippen LogP contribution in [0.4, 0.5) is 0 Å². The Bertz CT molecular complexity index is 1110. The molecule has 0 N–H and O–H groups in total. The van der Waals surface area contributed by atoms with Gasteiger partial charge in [-0.2, -0.15) is 0 Å². The highest BCUT2D eigenvalue weighted by molar-refractivity contribution is 7.45. The fraction of sp³-hybridized carbons (Fsp3) is 0.762. The molecule has 1 aliphatic rings. The monoisotopic (exact) mass is 768 g/mol. The number of phosphoric acid groups is 1. The molecule has 1 saturated heterocycles. The number of quaternary nitrogens is 1. The van der Waals surface area contributed by atoms with Crippen LogP contribution in [0.15, 0.2) is 48.6 Å². The van der Waals surface area contributed by atoms with Gasteiger partial charge < -0.3 is 32.6 Å². The summed E-state index contributed by atoms with van der Waals surface area (Å²) < 4.78 is 39.5. The van der Waals surface area contributed by atoms with E-state index in [1.54, 1.807) is 0 Å². The van der Waals surface area contributed by atoms with Crippen LogP contribution in [0.3, 0.4) is 0 Å². The van der Waals surface area contributed by atoms with Crippen molar-refractivity contribution < 1.29 is 46.8 Å². The van der Waals surface area contributed by atoms with Crippen molar-refractivity contribution >= 4 is 19.8 Å². The number of esters is 2. The van der Waals surface area contributed by atoms with Crippen molar-refractivity contribution in [3.63, 3.8) is 0 Å². The number of carbonyl (C=O) groups excluding carboxylic acids is 2. The molecule has 0 radical (unpaired) electrons. The number of allylic oxidation sites excluding steroid dienone is 6. The van der Waals surface area contributed by atoms with Gasteiger partial charge >= 0.3 is 11.9 Å². The first-order valence-electron chi connectivity index (χ1n) is 20.5. The van der Waals surface area contributed by atoms with E-state index in [0.717, 1.165) is 64.2 Å². The van der Waals surface area contributed by atoms with Gasteiger partial charge in [0.2, 0.25) is 0 Å². The van der Waals surface area contributed by atoms with Crippen molar-refractivity contribution in [2.75, 3.05) is 47.5 Å². The number of phosphoric ester groups is 1. The molecule has 306 valence electrons. The van der Waals surface area contributed by atoms with Gasteiger partial charge in [0.1, 0.15) is 19.8 Å². The maximum Gasteiger partial charge on any atom is 0.306 e. The van der Waals surface area contributed by atoms with Crippen molar-refractivity contribution in [1.29, 1.82) is 0 Å². The van der Waals surface area contributed by atoms with E-state index < -0.39 is 32.5 Å². The first-order valence-corrected chi connectivity index (χ1v) is 21.9. The van der Waals surface area contributed by atoms with E-state index in [9.17, 15) is 19.0 Å². The average molecular weight is 768 g/mol. The molecule has 11 heteroatoms.